The van der Waals surface area contributed by atoms with E-state index in [4.69, 9.17) is 0 Å². The average Bonchev–Trinajstić information content (AvgIpc) is 2.77. The maximum absolute atomic E-state index is 13.3. The predicted molar refractivity (Wildman–Crippen MR) is 110 cm³/mol. The molecule has 0 unspecified atom stereocenters. The Balaban J connectivity index is 1.39. The number of hydrogen-bond acceptors (Lipinski definition) is 3. The summed E-state index contributed by atoms with van der Waals surface area (Å²) < 4.78 is 13.3. The largest absolute Gasteiger partial charge is 0.336 e. The molecule has 1 fully saturated rings. The third kappa shape index (κ3) is 4.16. The average molecular weight is 389 g/mol. The molecule has 1 saturated heterocycles. The Morgan fingerprint density at radius 3 is 2.45 bits per heavy atom. The molecule has 4 rings (SSSR count). The van der Waals surface area contributed by atoms with Gasteiger partial charge in [-0.2, -0.15) is 0 Å². The van der Waals surface area contributed by atoms with Gasteiger partial charge >= 0.3 is 0 Å². The molecule has 0 atom stereocenters. The lowest BCUT2D eigenvalue weighted by Gasteiger charge is -2.34. The van der Waals surface area contributed by atoms with Crippen LogP contribution in [0.5, 0.6) is 0 Å². The second-order valence-corrected chi connectivity index (χ2v) is 6.88. The van der Waals surface area contributed by atoms with Crippen molar-refractivity contribution in [1.29, 1.82) is 0 Å². The molecule has 0 N–H and O–H groups in total. The van der Waals surface area contributed by atoms with Crippen molar-refractivity contribution in [1.82, 2.24) is 14.8 Å². The van der Waals surface area contributed by atoms with Gasteiger partial charge in [-0.25, -0.2) is 4.39 Å². The zero-order chi connectivity index (χ0) is 20.2. The fraction of sp³-hybridized carbons (Fsp3) is 0.174. The third-order valence-electron chi connectivity index (χ3n) is 5.02. The van der Waals surface area contributed by atoms with E-state index in [1.54, 1.807) is 34.2 Å². The molecule has 1 aromatic heterocycles. The molecule has 0 radical (unpaired) electrons. The molecule has 0 spiro atoms. The van der Waals surface area contributed by atoms with Gasteiger partial charge < -0.3 is 9.80 Å². The minimum absolute atomic E-state index is 0.101. The number of hydrogen-bond donors (Lipinski definition) is 0. The number of pyridine rings is 1. The van der Waals surface area contributed by atoms with E-state index in [0.717, 1.165) is 16.5 Å². The molecule has 2 heterocycles. The van der Waals surface area contributed by atoms with E-state index >= 15 is 0 Å². The summed E-state index contributed by atoms with van der Waals surface area (Å²) in [6.07, 6.45) is 5.06. The van der Waals surface area contributed by atoms with Crippen LogP contribution in [0.25, 0.3) is 17.0 Å². The smallest absolute Gasteiger partial charge is 0.254 e. The highest BCUT2D eigenvalue weighted by atomic mass is 19.1. The van der Waals surface area contributed by atoms with E-state index in [0.29, 0.717) is 31.7 Å². The van der Waals surface area contributed by atoms with E-state index in [2.05, 4.69) is 4.98 Å². The van der Waals surface area contributed by atoms with E-state index in [1.807, 2.05) is 30.3 Å². The number of carbonyl (C=O) groups is 2. The molecule has 0 bridgehead atoms. The quantitative estimate of drug-likeness (QED) is 0.646. The van der Waals surface area contributed by atoms with Crippen LogP contribution in [0.2, 0.25) is 0 Å². The maximum atomic E-state index is 13.3. The van der Waals surface area contributed by atoms with Crippen LogP contribution in [-0.2, 0) is 4.79 Å². The summed E-state index contributed by atoms with van der Waals surface area (Å²) >= 11 is 0. The normalized spacial score (nSPS) is 14.5. The van der Waals surface area contributed by atoms with Crippen molar-refractivity contribution in [2.24, 2.45) is 0 Å². The fourth-order valence-corrected chi connectivity index (χ4v) is 3.46. The molecule has 2 aromatic carbocycles. The van der Waals surface area contributed by atoms with Gasteiger partial charge in [-0.05, 0) is 30.3 Å². The summed E-state index contributed by atoms with van der Waals surface area (Å²) in [5, 5.41) is 1.02. The fourth-order valence-electron chi connectivity index (χ4n) is 3.46. The van der Waals surface area contributed by atoms with Crippen LogP contribution in [-0.4, -0.2) is 52.8 Å². The second kappa shape index (κ2) is 8.22. The Hall–Kier alpha value is -3.54. The maximum Gasteiger partial charge on any atom is 0.254 e. The van der Waals surface area contributed by atoms with E-state index < -0.39 is 5.82 Å². The van der Waals surface area contributed by atoms with Crippen molar-refractivity contribution >= 4 is 28.8 Å². The summed E-state index contributed by atoms with van der Waals surface area (Å²) in [5.74, 6) is -0.748. The molecule has 0 aliphatic carbocycles. The molecule has 2 amide bonds. The van der Waals surface area contributed by atoms with E-state index in [-0.39, 0.29) is 11.8 Å². The first kappa shape index (κ1) is 18.8. The standard InChI is InChI=1S/C23H20FN3O2/c24-20-8-2-6-19(16-20)23(29)27-14-12-26(13-15-27)21(28)10-9-18-5-1-4-17-7-3-11-25-22(17)18/h1-11,16H,12-15H2/b10-9+. The monoisotopic (exact) mass is 389 g/mol. The number of rotatable bonds is 3. The second-order valence-electron chi connectivity index (χ2n) is 6.88. The number of fused-ring (bicyclic) bond motifs is 1. The van der Waals surface area contributed by atoms with Gasteiger partial charge in [0.2, 0.25) is 5.91 Å². The lowest BCUT2D eigenvalue weighted by molar-refractivity contribution is -0.127. The highest BCUT2D eigenvalue weighted by Gasteiger charge is 2.24. The van der Waals surface area contributed by atoms with Gasteiger partial charge in [0, 0.05) is 55.0 Å². The minimum atomic E-state index is -0.433. The number of benzene rings is 2. The van der Waals surface area contributed by atoms with Gasteiger partial charge in [-0.15, -0.1) is 0 Å². The lowest BCUT2D eigenvalue weighted by Crippen LogP contribution is -2.50. The SMILES string of the molecule is O=C(/C=C/c1cccc2cccnc12)N1CCN(C(=O)c2cccc(F)c2)CC1. The molecular weight excluding hydrogens is 369 g/mol. The van der Waals surface area contributed by atoms with Crippen LogP contribution in [0.3, 0.4) is 0 Å². The predicted octanol–water partition coefficient (Wildman–Crippen LogP) is 3.37. The van der Waals surface area contributed by atoms with Crippen molar-refractivity contribution in [3.8, 4) is 0 Å². The number of para-hydroxylation sites is 1. The van der Waals surface area contributed by atoms with Gasteiger partial charge in [0.1, 0.15) is 5.82 Å². The van der Waals surface area contributed by atoms with Gasteiger partial charge in [0.05, 0.1) is 5.52 Å². The Morgan fingerprint density at radius 2 is 1.66 bits per heavy atom. The van der Waals surface area contributed by atoms with Gasteiger partial charge in [-0.1, -0.05) is 30.3 Å². The first-order valence-electron chi connectivity index (χ1n) is 9.47. The van der Waals surface area contributed by atoms with Crippen LogP contribution >= 0.6 is 0 Å². The number of aromatic nitrogens is 1. The number of nitrogens with zero attached hydrogens (tertiary/aromatic N) is 3. The van der Waals surface area contributed by atoms with Crippen LogP contribution in [0.4, 0.5) is 4.39 Å². The lowest BCUT2D eigenvalue weighted by atomic mass is 10.1. The first-order chi connectivity index (χ1) is 14.1. The van der Waals surface area contributed by atoms with E-state index in [1.165, 1.54) is 18.2 Å². The Labute approximate surface area is 168 Å². The highest BCUT2D eigenvalue weighted by Crippen LogP contribution is 2.17. The van der Waals surface area contributed by atoms with Crippen molar-refractivity contribution in [3.63, 3.8) is 0 Å². The number of carbonyl (C=O) groups excluding carboxylic acids is 2. The van der Waals surface area contributed by atoms with Gasteiger partial charge in [-0.3, -0.25) is 14.6 Å². The van der Waals surface area contributed by atoms with Crippen LogP contribution < -0.4 is 0 Å². The van der Waals surface area contributed by atoms with Crippen molar-refractivity contribution in [2.75, 3.05) is 26.2 Å². The summed E-state index contributed by atoms with van der Waals surface area (Å²) in [4.78, 5) is 32.8. The number of halogens is 1. The molecule has 3 aromatic rings. The van der Waals surface area contributed by atoms with E-state index in [9.17, 15) is 14.0 Å². The van der Waals surface area contributed by atoms with Crippen molar-refractivity contribution < 1.29 is 14.0 Å². The Morgan fingerprint density at radius 1 is 0.931 bits per heavy atom. The molecule has 6 heteroatoms. The number of amides is 2. The third-order valence-corrected chi connectivity index (χ3v) is 5.02. The molecule has 5 nitrogen and oxygen atoms in total. The van der Waals surface area contributed by atoms with Crippen LogP contribution in [0, 0.1) is 5.82 Å². The molecule has 146 valence electrons. The highest BCUT2D eigenvalue weighted by molar-refractivity contribution is 5.96. The summed E-state index contributed by atoms with van der Waals surface area (Å²) in [6.45, 7) is 1.73. The van der Waals surface area contributed by atoms with Crippen LogP contribution in [0.15, 0.2) is 66.9 Å². The number of piperazine rings is 1. The zero-order valence-corrected chi connectivity index (χ0v) is 15.8. The van der Waals surface area contributed by atoms with Crippen molar-refractivity contribution in [3.05, 3.63) is 83.8 Å². The summed E-state index contributed by atoms with van der Waals surface area (Å²) in [6, 6.07) is 15.4. The molecule has 1 aliphatic heterocycles. The Bertz CT molecular complexity index is 1080. The molecule has 1 aliphatic rings. The molecular formula is C23H20FN3O2. The molecule has 0 saturated carbocycles. The van der Waals surface area contributed by atoms with Gasteiger partial charge in [0.15, 0.2) is 0 Å². The summed E-state index contributed by atoms with van der Waals surface area (Å²) in [7, 11) is 0. The van der Waals surface area contributed by atoms with Gasteiger partial charge in [0.25, 0.3) is 5.91 Å². The molecule has 29 heavy (non-hydrogen) atoms. The van der Waals surface area contributed by atoms with Crippen LogP contribution in [0.1, 0.15) is 15.9 Å². The topological polar surface area (TPSA) is 53.5 Å². The first-order valence-corrected chi connectivity index (χ1v) is 9.47. The summed E-state index contributed by atoms with van der Waals surface area (Å²) in [5.41, 5.74) is 2.06. The zero-order valence-electron chi connectivity index (χ0n) is 15.8. The minimum Gasteiger partial charge on any atom is -0.336 e. The van der Waals surface area contributed by atoms with Crippen molar-refractivity contribution in [2.45, 2.75) is 0 Å². The Kier molecular flexibility index (Phi) is 5.33.